The fourth-order valence-corrected chi connectivity index (χ4v) is 2.73. The van der Waals surface area contributed by atoms with E-state index in [2.05, 4.69) is 22.5 Å². The average molecular weight is 378 g/mol. The Morgan fingerprint density at radius 1 is 1.14 bits per heavy atom. The third kappa shape index (κ3) is 4.09. The lowest BCUT2D eigenvalue weighted by Crippen LogP contribution is -2.27. The molecule has 3 rings (SSSR count). The summed E-state index contributed by atoms with van der Waals surface area (Å²) in [6.07, 6.45) is 0.946. The molecule has 1 amide bonds. The van der Waals surface area contributed by atoms with Gasteiger partial charge in [-0.3, -0.25) is 9.59 Å². The normalized spacial score (nSPS) is 11.5. The van der Waals surface area contributed by atoms with Crippen LogP contribution in [0.5, 0.6) is 5.75 Å². The van der Waals surface area contributed by atoms with Crippen LogP contribution in [0.1, 0.15) is 36.3 Å². The minimum Gasteiger partial charge on any atom is -0.494 e. The van der Waals surface area contributed by atoms with Crippen LogP contribution in [-0.4, -0.2) is 28.0 Å². The van der Waals surface area contributed by atoms with Gasteiger partial charge in [0.25, 0.3) is 11.5 Å². The molecule has 1 heterocycles. The predicted molar refractivity (Wildman–Crippen MR) is 109 cm³/mol. The van der Waals surface area contributed by atoms with Gasteiger partial charge in [0.1, 0.15) is 5.75 Å². The molecule has 28 heavy (non-hydrogen) atoms. The molecule has 144 valence electrons. The summed E-state index contributed by atoms with van der Waals surface area (Å²) in [6.45, 7) is 4.52. The molecule has 0 fully saturated rings. The first-order valence-electron chi connectivity index (χ1n) is 9.05. The Morgan fingerprint density at radius 3 is 2.50 bits per heavy atom. The van der Waals surface area contributed by atoms with Crippen molar-refractivity contribution in [2.24, 2.45) is 12.1 Å². The maximum absolute atomic E-state index is 12.6. The highest BCUT2D eigenvalue weighted by atomic mass is 16.5. The second kappa shape index (κ2) is 8.47. The van der Waals surface area contributed by atoms with Gasteiger partial charge in [-0.1, -0.05) is 25.1 Å². The van der Waals surface area contributed by atoms with Crippen LogP contribution in [0.2, 0.25) is 0 Å². The van der Waals surface area contributed by atoms with Crippen molar-refractivity contribution in [3.8, 4) is 5.75 Å². The summed E-state index contributed by atoms with van der Waals surface area (Å²) in [5.41, 5.74) is 3.93. The van der Waals surface area contributed by atoms with Crippen molar-refractivity contribution in [3.05, 3.63) is 70.1 Å². The number of ether oxygens (including phenoxy) is 1. The molecular weight excluding hydrogens is 356 g/mol. The van der Waals surface area contributed by atoms with Gasteiger partial charge in [-0.25, -0.2) is 10.1 Å². The number of nitrogens with zero attached hydrogens (tertiary/aromatic N) is 3. The van der Waals surface area contributed by atoms with Crippen molar-refractivity contribution in [1.29, 1.82) is 0 Å². The number of aromatic nitrogens is 2. The summed E-state index contributed by atoms with van der Waals surface area (Å²) >= 11 is 0. The van der Waals surface area contributed by atoms with Gasteiger partial charge in [0.05, 0.1) is 17.7 Å². The van der Waals surface area contributed by atoms with E-state index in [1.54, 1.807) is 31.2 Å². The van der Waals surface area contributed by atoms with Crippen molar-refractivity contribution in [3.63, 3.8) is 0 Å². The lowest BCUT2D eigenvalue weighted by atomic mass is 10.1. The minimum atomic E-state index is -0.478. The molecule has 0 saturated carbocycles. The van der Waals surface area contributed by atoms with Gasteiger partial charge in [0.15, 0.2) is 5.69 Å². The Labute approximate surface area is 162 Å². The number of hydrogen-bond acceptors (Lipinski definition) is 5. The van der Waals surface area contributed by atoms with E-state index >= 15 is 0 Å². The summed E-state index contributed by atoms with van der Waals surface area (Å²) in [5.74, 6) is 0.317. The first-order valence-corrected chi connectivity index (χ1v) is 9.05. The summed E-state index contributed by atoms with van der Waals surface area (Å²) in [5, 5.41) is 9.20. The molecule has 0 unspecified atom stereocenters. The number of carbonyl (C=O) groups excluding carboxylic acids is 1. The van der Waals surface area contributed by atoms with Crippen LogP contribution in [0.15, 0.2) is 58.4 Å². The Balaban J connectivity index is 1.81. The third-order valence-electron chi connectivity index (χ3n) is 4.24. The van der Waals surface area contributed by atoms with E-state index < -0.39 is 5.91 Å². The molecule has 1 aromatic heterocycles. The van der Waals surface area contributed by atoms with Crippen molar-refractivity contribution in [1.82, 2.24) is 15.2 Å². The summed E-state index contributed by atoms with van der Waals surface area (Å²) in [7, 11) is 1.52. The van der Waals surface area contributed by atoms with Crippen molar-refractivity contribution in [2.75, 3.05) is 6.61 Å². The molecule has 7 heteroatoms. The monoisotopic (exact) mass is 378 g/mol. The molecule has 0 radical (unpaired) electrons. The molecular formula is C21H22N4O3. The molecule has 0 aliphatic carbocycles. The van der Waals surface area contributed by atoms with Gasteiger partial charge in [0.2, 0.25) is 0 Å². The number of carbonyl (C=O) groups is 1. The van der Waals surface area contributed by atoms with Crippen molar-refractivity contribution in [2.45, 2.75) is 20.3 Å². The van der Waals surface area contributed by atoms with E-state index in [4.69, 9.17) is 4.74 Å². The fraction of sp³-hybridized carbons (Fsp3) is 0.238. The number of amides is 1. The smallest absolute Gasteiger partial charge is 0.292 e. The Bertz CT molecular complexity index is 1080. The maximum Gasteiger partial charge on any atom is 0.292 e. The van der Waals surface area contributed by atoms with E-state index in [-0.39, 0.29) is 11.3 Å². The lowest BCUT2D eigenvalue weighted by Gasteiger charge is -2.08. The van der Waals surface area contributed by atoms with Crippen LogP contribution in [-0.2, 0) is 7.05 Å². The van der Waals surface area contributed by atoms with Crippen LogP contribution in [0.25, 0.3) is 10.8 Å². The number of rotatable bonds is 6. The zero-order valence-electron chi connectivity index (χ0n) is 16.1. The Morgan fingerprint density at radius 2 is 1.82 bits per heavy atom. The highest BCUT2D eigenvalue weighted by molar-refractivity contribution is 6.06. The van der Waals surface area contributed by atoms with Crippen molar-refractivity contribution < 1.29 is 9.53 Å². The Hall–Kier alpha value is -3.48. The number of nitrogens with one attached hydrogen (secondary N) is 1. The maximum atomic E-state index is 12.6. The first-order chi connectivity index (χ1) is 13.5. The average Bonchev–Trinajstić information content (AvgIpc) is 2.73. The summed E-state index contributed by atoms with van der Waals surface area (Å²) < 4.78 is 6.72. The second-order valence-corrected chi connectivity index (χ2v) is 6.33. The summed E-state index contributed by atoms with van der Waals surface area (Å²) in [6, 6.07) is 14.4. The van der Waals surface area contributed by atoms with Crippen LogP contribution < -0.4 is 15.7 Å². The number of aryl methyl sites for hydroxylation is 1. The molecule has 0 bridgehead atoms. The summed E-state index contributed by atoms with van der Waals surface area (Å²) in [4.78, 5) is 24.8. The predicted octanol–water partition coefficient (Wildman–Crippen LogP) is 2.88. The van der Waals surface area contributed by atoms with E-state index in [9.17, 15) is 9.59 Å². The highest BCUT2D eigenvalue weighted by Crippen LogP contribution is 2.14. The number of benzene rings is 2. The zero-order valence-corrected chi connectivity index (χ0v) is 16.1. The minimum absolute atomic E-state index is 0.151. The SMILES string of the molecule is CCCOc1ccc(/C(C)=N/NC(=O)c2nn(C)c(=O)c3ccccc23)cc1. The standard InChI is InChI=1S/C21H22N4O3/c1-4-13-28-16-11-9-15(10-12-16)14(2)22-23-20(26)19-17-7-5-6-8-18(17)21(27)25(3)24-19/h5-12H,4,13H2,1-3H3,(H,23,26)/b22-14+. The third-order valence-corrected chi connectivity index (χ3v) is 4.24. The van der Waals surface area contributed by atoms with Gasteiger partial charge < -0.3 is 4.74 Å². The van der Waals surface area contributed by atoms with E-state index in [1.165, 1.54) is 7.05 Å². The van der Waals surface area contributed by atoms with Crippen molar-refractivity contribution >= 4 is 22.4 Å². The molecule has 0 spiro atoms. The fourth-order valence-electron chi connectivity index (χ4n) is 2.73. The van der Waals surface area contributed by atoms with Gasteiger partial charge in [-0.05, 0) is 49.2 Å². The van der Waals surface area contributed by atoms with Crippen LogP contribution in [0, 0.1) is 0 Å². The second-order valence-electron chi connectivity index (χ2n) is 6.33. The number of hydrazone groups is 1. The molecule has 0 atom stereocenters. The van der Waals surface area contributed by atoms with Gasteiger partial charge >= 0.3 is 0 Å². The molecule has 0 aliphatic rings. The van der Waals surface area contributed by atoms with E-state index in [0.717, 1.165) is 22.4 Å². The molecule has 1 N–H and O–H groups in total. The number of hydrogen-bond donors (Lipinski definition) is 1. The topological polar surface area (TPSA) is 85.6 Å². The number of fused-ring (bicyclic) bond motifs is 1. The quantitative estimate of drug-likeness (QED) is 0.528. The molecule has 0 aliphatic heterocycles. The Kier molecular flexibility index (Phi) is 5.84. The van der Waals surface area contributed by atoms with Crippen LogP contribution in [0.3, 0.4) is 0 Å². The largest absolute Gasteiger partial charge is 0.494 e. The van der Waals surface area contributed by atoms with E-state index in [0.29, 0.717) is 23.1 Å². The lowest BCUT2D eigenvalue weighted by molar-refractivity contribution is 0.0949. The molecule has 3 aromatic rings. The van der Waals surface area contributed by atoms with E-state index in [1.807, 2.05) is 24.3 Å². The van der Waals surface area contributed by atoms with Gasteiger partial charge in [-0.2, -0.15) is 10.2 Å². The first kappa shape index (κ1) is 19.3. The van der Waals surface area contributed by atoms with Gasteiger partial charge in [-0.15, -0.1) is 0 Å². The van der Waals surface area contributed by atoms with Gasteiger partial charge in [0, 0.05) is 12.4 Å². The molecule has 0 saturated heterocycles. The molecule has 2 aromatic carbocycles. The highest BCUT2D eigenvalue weighted by Gasteiger charge is 2.15. The van der Waals surface area contributed by atoms with Crippen LogP contribution in [0.4, 0.5) is 0 Å². The zero-order chi connectivity index (χ0) is 20.1. The van der Waals surface area contributed by atoms with Crippen LogP contribution >= 0.6 is 0 Å². The molecule has 7 nitrogen and oxygen atoms in total.